The van der Waals surface area contributed by atoms with Crippen LogP contribution in [-0.2, 0) is 16.6 Å². The molecule has 7 heteroatoms. The molecule has 0 unspecified atom stereocenters. The van der Waals surface area contributed by atoms with E-state index in [2.05, 4.69) is 22.4 Å². The van der Waals surface area contributed by atoms with E-state index in [0.717, 1.165) is 38.5 Å². The number of rotatable bonds is 4. The third-order valence-electron chi connectivity index (χ3n) is 6.45. The molecule has 1 saturated heterocycles. The van der Waals surface area contributed by atoms with Crippen molar-refractivity contribution in [3.05, 3.63) is 11.7 Å². The Morgan fingerprint density at radius 3 is 2.38 bits per heavy atom. The van der Waals surface area contributed by atoms with Crippen LogP contribution >= 0.6 is 0 Å². The van der Waals surface area contributed by atoms with Crippen LogP contribution < -0.4 is 5.32 Å². The van der Waals surface area contributed by atoms with Crippen molar-refractivity contribution >= 4 is 11.9 Å². The monoisotopic (exact) mass is 360 g/mol. The molecule has 1 spiro atoms. The zero-order chi connectivity index (χ0) is 18.2. The van der Waals surface area contributed by atoms with E-state index in [9.17, 15) is 9.59 Å². The van der Waals surface area contributed by atoms with E-state index in [1.807, 2.05) is 0 Å². The maximum absolute atomic E-state index is 12.7. The Balaban J connectivity index is 1.40. The molecule has 7 nitrogen and oxygen atoms in total. The third kappa shape index (κ3) is 3.01. The average molecular weight is 360 g/mol. The van der Waals surface area contributed by atoms with Crippen LogP contribution in [-0.4, -0.2) is 39.1 Å². The lowest BCUT2D eigenvalue weighted by Gasteiger charge is -2.22. The Morgan fingerprint density at radius 2 is 1.69 bits per heavy atom. The molecule has 1 N–H and O–H groups in total. The molecule has 1 aromatic heterocycles. The van der Waals surface area contributed by atoms with Crippen molar-refractivity contribution in [2.24, 2.45) is 0 Å². The minimum Gasteiger partial charge on any atom is -0.339 e. The second-order valence-corrected chi connectivity index (χ2v) is 8.42. The van der Waals surface area contributed by atoms with Gasteiger partial charge in [-0.05, 0) is 25.7 Å². The molecule has 2 heterocycles. The Morgan fingerprint density at radius 1 is 1.04 bits per heavy atom. The normalized spacial score (nSPS) is 24.9. The summed E-state index contributed by atoms with van der Waals surface area (Å²) in [6, 6.07) is -0.281. The average Bonchev–Trinajstić information content (AvgIpc) is 3.29. The first-order valence-electron chi connectivity index (χ1n) is 10.00. The number of urea groups is 1. The van der Waals surface area contributed by atoms with Crippen molar-refractivity contribution in [1.82, 2.24) is 20.4 Å². The quantitative estimate of drug-likeness (QED) is 0.658. The number of imide groups is 1. The second-order valence-electron chi connectivity index (χ2n) is 8.42. The topological polar surface area (TPSA) is 88.3 Å². The van der Waals surface area contributed by atoms with Crippen LogP contribution in [0.25, 0.3) is 0 Å². The molecular formula is C19H28N4O3. The summed E-state index contributed by atoms with van der Waals surface area (Å²) in [7, 11) is 0. The predicted molar refractivity (Wildman–Crippen MR) is 94.5 cm³/mol. The fourth-order valence-electron chi connectivity index (χ4n) is 4.73. The second kappa shape index (κ2) is 6.67. The van der Waals surface area contributed by atoms with Crippen LogP contribution in [0.4, 0.5) is 4.79 Å². The van der Waals surface area contributed by atoms with Gasteiger partial charge in [0.2, 0.25) is 5.89 Å². The van der Waals surface area contributed by atoms with E-state index >= 15 is 0 Å². The summed E-state index contributed by atoms with van der Waals surface area (Å²) >= 11 is 0. The van der Waals surface area contributed by atoms with Crippen molar-refractivity contribution < 1.29 is 14.1 Å². The minimum atomic E-state index is -0.646. The van der Waals surface area contributed by atoms with Crippen molar-refractivity contribution in [1.29, 1.82) is 0 Å². The van der Waals surface area contributed by atoms with Gasteiger partial charge in [0, 0.05) is 18.4 Å². The third-order valence-corrected chi connectivity index (χ3v) is 6.45. The Hall–Kier alpha value is -1.92. The fourth-order valence-corrected chi connectivity index (χ4v) is 4.73. The molecule has 26 heavy (non-hydrogen) atoms. The Bertz CT molecular complexity index is 685. The van der Waals surface area contributed by atoms with E-state index in [-0.39, 0.29) is 17.4 Å². The summed E-state index contributed by atoms with van der Waals surface area (Å²) in [5, 5.41) is 7.02. The number of amides is 3. The summed E-state index contributed by atoms with van der Waals surface area (Å²) in [4.78, 5) is 30.8. The van der Waals surface area contributed by atoms with E-state index in [0.29, 0.717) is 24.7 Å². The first-order valence-corrected chi connectivity index (χ1v) is 10.00. The number of hydrogen-bond donors (Lipinski definition) is 1. The Kier molecular flexibility index (Phi) is 4.49. The Labute approximate surface area is 153 Å². The number of carbonyl (C=O) groups excluding carboxylic acids is 2. The summed E-state index contributed by atoms with van der Waals surface area (Å²) in [5.41, 5.74) is -0.691. The van der Waals surface area contributed by atoms with Crippen molar-refractivity contribution in [3.8, 4) is 0 Å². The zero-order valence-corrected chi connectivity index (χ0v) is 15.6. The molecule has 0 atom stereocenters. The van der Waals surface area contributed by atoms with E-state index < -0.39 is 5.54 Å². The van der Waals surface area contributed by atoms with Gasteiger partial charge in [0.05, 0.1) is 0 Å². The van der Waals surface area contributed by atoms with Gasteiger partial charge in [-0.25, -0.2) is 4.79 Å². The summed E-state index contributed by atoms with van der Waals surface area (Å²) in [5.74, 6) is 1.21. The highest BCUT2D eigenvalue weighted by Crippen LogP contribution is 2.37. The van der Waals surface area contributed by atoms with Crippen molar-refractivity contribution in [3.63, 3.8) is 0 Å². The summed E-state index contributed by atoms with van der Waals surface area (Å²) in [6.45, 7) is 2.51. The van der Waals surface area contributed by atoms with Gasteiger partial charge in [0.1, 0.15) is 5.54 Å². The van der Waals surface area contributed by atoms with Gasteiger partial charge in [-0.3, -0.25) is 9.69 Å². The van der Waals surface area contributed by atoms with Crippen LogP contribution in [0.3, 0.4) is 0 Å². The van der Waals surface area contributed by atoms with Gasteiger partial charge in [-0.15, -0.1) is 0 Å². The van der Waals surface area contributed by atoms with Gasteiger partial charge < -0.3 is 9.84 Å². The molecule has 1 aromatic rings. The van der Waals surface area contributed by atoms with E-state index in [1.54, 1.807) is 0 Å². The molecule has 0 bridgehead atoms. The van der Waals surface area contributed by atoms with Crippen LogP contribution in [0.15, 0.2) is 4.52 Å². The first kappa shape index (κ1) is 17.5. The fraction of sp³-hybridized carbons (Fsp3) is 0.789. The SMILES string of the molecule is CC1(c2nc(CCN3C(=O)NC4(CCCC4)C3=O)no2)CCCCCC1. The maximum atomic E-state index is 12.7. The number of hydrogen-bond acceptors (Lipinski definition) is 5. The molecule has 0 aromatic carbocycles. The largest absolute Gasteiger partial charge is 0.339 e. The molecular weight excluding hydrogens is 332 g/mol. The standard InChI is InChI=1S/C19H28N4O3/c1-18(9-4-2-3-5-10-18)15-20-14(22-26-15)8-13-23-16(24)19(21-17(23)25)11-6-7-12-19/h2-13H2,1H3,(H,21,25). The van der Waals surface area contributed by atoms with Gasteiger partial charge in [-0.2, -0.15) is 4.98 Å². The smallest absolute Gasteiger partial charge is 0.325 e. The van der Waals surface area contributed by atoms with Crippen molar-refractivity contribution in [2.75, 3.05) is 6.54 Å². The van der Waals surface area contributed by atoms with Gasteiger partial charge in [-0.1, -0.05) is 50.6 Å². The maximum Gasteiger partial charge on any atom is 0.325 e. The lowest BCUT2D eigenvalue weighted by Crippen LogP contribution is -2.44. The predicted octanol–water partition coefficient (Wildman–Crippen LogP) is 3.09. The molecule has 1 aliphatic heterocycles. The highest BCUT2D eigenvalue weighted by molar-refractivity contribution is 6.07. The zero-order valence-electron chi connectivity index (χ0n) is 15.6. The molecule has 3 fully saturated rings. The van der Waals surface area contributed by atoms with E-state index in [4.69, 9.17) is 4.52 Å². The van der Waals surface area contributed by atoms with Crippen molar-refractivity contribution in [2.45, 2.75) is 88.5 Å². The first-order chi connectivity index (χ1) is 12.5. The summed E-state index contributed by atoms with van der Waals surface area (Å²) in [6.07, 6.45) is 11.0. The molecule has 2 aliphatic carbocycles. The molecule has 0 radical (unpaired) electrons. The van der Waals surface area contributed by atoms with Crippen LogP contribution in [0, 0.1) is 0 Å². The molecule has 3 aliphatic rings. The molecule has 3 amide bonds. The number of nitrogens with one attached hydrogen (secondary N) is 1. The van der Waals surface area contributed by atoms with E-state index in [1.165, 1.54) is 30.6 Å². The van der Waals surface area contributed by atoms with Gasteiger partial charge in [0.25, 0.3) is 5.91 Å². The number of carbonyl (C=O) groups is 2. The van der Waals surface area contributed by atoms with Crippen LogP contribution in [0.2, 0.25) is 0 Å². The highest BCUT2D eigenvalue weighted by atomic mass is 16.5. The molecule has 142 valence electrons. The van der Waals surface area contributed by atoms with Crippen LogP contribution in [0.5, 0.6) is 0 Å². The van der Waals surface area contributed by atoms with Gasteiger partial charge >= 0.3 is 6.03 Å². The highest BCUT2D eigenvalue weighted by Gasteiger charge is 2.52. The molecule has 4 rings (SSSR count). The minimum absolute atomic E-state index is 0.0451. The lowest BCUT2D eigenvalue weighted by molar-refractivity contribution is -0.131. The van der Waals surface area contributed by atoms with Gasteiger partial charge in [0.15, 0.2) is 5.82 Å². The van der Waals surface area contributed by atoms with Crippen LogP contribution in [0.1, 0.15) is 82.8 Å². The number of nitrogens with zero attached hydrogens (tertiary/aromatic N) is 3. The lowest BCUT2D eigenvalue weighted by atomic mass is 9.82. The number of aromatic nitrogens is 2. The molecule has 2 saturated carbocycles. The summed E-state index contributed by atoms with van der Waals surface area (Å²) < 4.78 is 5.56.